The molecule has 0 saturated heterocycles. The van der Waals surface area contributed by atoms with E-state index in [0.717, 1.165) is 31.4 Å². The second kappa shape index (κ2) is 5.84. The summed E-state index contributed by atoms with van der Waals surface area (Å²) in [4.78, 5) is 24.1. The van der Waals surface area contributed by atoms with Gasteiger partial charge in [0.2, 0.25) is 0 Å². The van der Waals surface area contributed by atoms with Gasteiger partial charge in [0.25, 0.3) is 5.69 Å². The first-order chi connectivity index (χ1) is 10.6. The summed E-state index contributed by atoms with van der Waals surface area (Å²) in [5.74, 6) is -0.125. The molecule has 0 saturated carbocycles. The topological polar surface area (TPSA) is 89.0 Å². The molecule has 2 aromatic rings. The normalized spacial score (nSPS) is 13.6. The van der Waals surface area contributed by atoms with Crippen molar-refractivity contribution in [2.45, 2.75) is 32.2 Å². The van der Waals surface area contributed by atoms with Gasteiger partial charge in [0.1, 0.15) is 0 Å². The Morgan fingerprint density at radius 1 is 1.27 bits per heavy atom. The maximum absolute atomic E-state index is 12.4. The first-order valence-corrected chi connectivity index (χ1v) is 7.91. The molecule has 0 bridgehead atoms. The van der Waals surface area contributed by atoms with Crippen molar-refractivity contribution in [3.63, 3.8) is 0 Å². The third-order valence-electron chi connectivity index (χ3n) is 3.88. The number of Topliss-reactive ketones (excluding diaryl/α,β-unsaturated/α-hetero) is 1. The number of nitrogens with zero attached hydrogens (tertiary/aromatic N) is 2. The summed E-state index contributed by atoms with van der Waals surface area (Å²) >= 11 is 1.45. The smallest absolute Gasteiger partial charge is 0.269 e. The number of non-ortho nitro benzene ring substituents is 1. The zero-order valence-electron chi connectivity index (χ0n) is 11.9. The fraction of sp³-hybridized carbons (Fsp3) is 0.333. The van der Waals surface area contributed by atoms with E-state index in [2.05, 4.69) is 0 Å². The third kappa shape index (κ3) is 2.71. The van der Waals surface area contributed by atoms with Gasteiger partial charge in [0.05, 0.1) is 11.5 Å². The minimum Gasteiger partial charge on any atom is -0.313 e. The van der Waals surface area contributed by atoms with E-state index in [-0.39, 0.29) is 18.0 Å². The monoisotopic (exact) mass is 317 g/mol. The van der Waals surface area contributed by atoms with E-state index in [9.17, 15) is 14.9 Å². The molecule has 0 radical (unpaired) electrons. The van der Waals surface area contributed by atoms with Gasteiger partial charge >= 0.3 is 0 Å². The summed E-state index contributed by atoms with van der Waals surface area (Å²) in [6.45, 7) is 0.127. The molecular formula is C15H15N3O3S. The maximum atomic E-state index is 12.4. The van der Waals surface area contributed by atoms with Crippen LogP contribution in [-0.2, 0) is 19.4 Å². The third-order valence-corrected chi connectivity index (χ3v) is 4.98. The number of aryl methyl sites for hydroxylation is 1. The molecule has 3 rings (SSSR count). The quantitative estimate of drug-likeness (QED) is 0.534. The fourth-order valence-corrected chi connectivity index (χ4v) is 3.82. The molecule has 1 aliphatic rings. The average Bonchev–Trinajstić information content (AvgIpc) is 2.83. The highest BCUT2D eigenvalue weighted by atomic mass is 32.1. The molecular weight excluding hydrogens is 302 g/mol. The zero-order valence-corrected chi connectivity index (χ0v) is 12.7. The van der Waals surface area contributed by atoms with Crippen molar-refractivity contribution in [1.29, 1.82) is 5.41 Å². The van der Waals surface area contributed by atoms with Crippen molar-refractivity contribution >= 4 is 22.8 Å². The number of nitro groups is 1. The number of aromatic nitrogens is 1. The average molecular weight is 317 g/mol. The highest BCUT2D eigenvalue weighted by molar-refractivity contribution is 7.09. The molecule has 1 aromatic heterocycles. The largest absolute Gasteiger partial charge is 0.313 e. The molecule has 0 spiro atoms. The standard InChI is InChI=1S/C15H15N3O3S/c16-15-17(12-3-1-2-4-14(12)22-15)9-13(19)10-5-7-11(8-6-10)18(20)21/h5-8,16H,1-4,9H2. The lowest BCUT2D eigenvalue weighted by molar-refractivity contribution is -0.384. The molecule has 0 amide bonds. The molecule has 0 unspecified atom stereocenters. The fourth-order valence-electron chi connectivity index (χ4n) is 2.72. The van der Waals surface area contributed by atoms with E-state index < -0.39 is 4.92 Å². The van der Waals surface area contributed by atoms with Crippen LogP contribution < -0.4 is 4.80 Å². The molecule has 0 aliphatic heterocycles. The number of fused-ring (bicyclic) bond motifs is 1. The number of carbonyl (C=O) groups is 1. The molecule has 1 aromatic carbocycles. The molecule has 0 fully saturated rings. The van der Waals surface area contributed by atoms with Crippen LogP contribution in [0.5, 0.6) is 0 Å². The second-order valence-corrected chi connectivity index (χ2v) is 6.38. The number of benzene rings is 1. The molecule has 114 valence electrons. The second-order valence-electron chi connectivity index (χ2n) is 5.30. The number of carbonyl (C=O) groups excluding carboxylic acids is 1. The van der Waals surface area contributed by atoms with Crippen LogP contribution in [0.1, 0.15) is 33.8 Å². The Bertz CT molecular complexity index is 789. The van der Waals surface area contributed by atoms with Gasteiger partial charge in [-0.15, -0.1) is 11.3 Å². The van der Waals surface area contributed by atoms with Crippen molar-refractivity contribution in [2.24, 2.45) is 0 Å². The van der Waals surface area contributed by atoms with Crippen LogP contribution in [0.2, 0.25) is 0 Å². The summed E-state index contributed by atoms with van der Waals surface area (Å²) in [5.41, 5.74) is 1.52. The van der Waals surface area contributed by atoms with Crippen LogP contribution >= 0.6 is 11.3 Å². The van der Waals surface area contributed by atoms with Gasteiger partial charge in [-0.1, -0.05) is 0 Å². The number of hydrogen-bond donors (Lipinski definition) is 1. The SMILES string of the molecule is N=c1sc2c(n1CC(=O)c1ccc([N+](=O)[O-])cc1)CCCC2. The van der Waals surface area contributed by atoms with Crippen LogP contribution in [0.3, 0.4) is 0 Å². The summed E-state index contributed by atoms with van der Waals surface area (Å²) in [5, 5.41) is 18.7. The Morgan fingerprint density at radius 3 is 2.64 bits per heavy atom. The molecule has 1 heterocycles. The van der Waals surface area contributed by atoms with Crippen molar-refractivity contribution < 1.29 is 9.72 Å². The Labute approximate surface area is 130 Å². The summed E-state index contributed by atoms with van der Waals surface area (Å²) in [7, 11) is 0. The van der Waals surface area contributed by atoms with Gasteiger partial charge in [-0.05, 0) is 37.8 Å². The van der Waals surface area contributed by atoms with Crippen molar-refractivity contribution in [3.8, 4) is 0 Å². The van der Waals surface area contributed by atoms with Gasteiger partial charge < -0.3 is 4.57 Å². The van der Waals surface area contributed by atoms with Crippen molar-refractivity contribution in [1.82, 2.24) is 4.57 Å². The zero-order chi connectivity index (χ0) is 15.7. The number of ketones is 1. The van der Waals surface area contributed by atoms with E-state index in [0.29, 0.717) is 10.4 Å². The van der Waals surface area contributed by atoms with Crippen LogP contribution in [0.25, 0.3) is 0 Å². The van der Waals surface area contributed by atoms with Gasteiger partial charge in [-0.25, -0.2) is 0 Å². The van der Waals surface area contributed by atoms with Crippen LogP contribution in [-0.4, -0.2) is 15.3 Å². The Balaban J connectivity index is 1.84. The molecule has 1 aliphatic carbocycles. The predicted molar refractivity (Wildman–Crippen MR) is 82.2 cm³/mol. The Morgan fingerprint density at radius 2 is 1.95 bits per heavy atom. The lowest BCUT2D eigenvalue weighted by Gasteiger charge is -2.14. The van der Waals surface area contributed by atoms with Gasteiger partial charge in [0, 0.05) is 28.3 Å². The summed E-state index contributed by atoms with van der Waals surface area (Å²) < 4.78 is 1.78. The van der Waals surface area contributed by atoms with E-state index in [1.165, 1.54) is 40.5 Å². The van der Waals surface area contributed by atoms with Crippen LogP contribution in [0, 0.1) is 15.5 Å². The first kappa shape index (κ1) is 14.6. The number of nitrogens with one attached hydrogen (secondary N) is 1. The number of nitro benzene ring substituents is 1. The highest BCUT2D eigenvalue weighted by Crippen LogP contribution is 2.23. The number of rotatable bonds is 4. The predicted octanol–water partition coefficient (Wildman–Crippen LogP) is 2.70. The van der Waals surface area contributed by atoms with Gasteiger partial charge in [-0.3, -0.25) is 20.3 Å². The number of thiazole rings is 1. The Kier molecular flexibility index (Phi) is 3.89. The Hall–Kier alpha value is -2.28. The number of hydrogen-bond acceptors (Lipinski definition) is 5. The van der Waals surface area contributed by atoms with Crippen LogP contribution in [0.4, 0.5) is 5.69 Å². The summed E-state index contributed by atoms with van der Waals surface area (Å²) in [6.07, 6.45) is 4.14. The van der Waals surface area contributed by atoms with Crippen LogP contribution in [0.15, 0.2) is 24.3 Å². The van der Waals surface area contributed by atoms with E-state index in [1.807, 2.05) is 0 Å². The minimum absolute atomic E-state index is 0.0294. The van der Waals surface area contributed by atoms with E-state index in [1.54, 1.807) is 4.57 Å². The van der Waals surface area contributed by atoms with Gasteiger partial charge in [0.15, 0.2) is 10.6 Å². The minimum atomic E-state index is -0.486. The van der Waals surface area contributed by atoms with E-state index in [4.69, 9.17) is 5.41 Å². The molecule has 6 nitrogen and oxygen atoms in total. The lowest BCUT2D eigenvalue weighted by atomic mass is 10.0. The van der Waals surface area contributed by atoms with E-state index >= 15 is 0 Å². The van der Waals surface area contributed by atoms with Crippen molar-refractivity contribution in [2.75, 3.05) is 0 Å². The highest BCUT2D eigenvalue weighted by Gasteiger charge is 2.19. The lowest BCUT2D eigenvalue weighted by Crippen LogP contribution is -2.22. The molecule has 1 N–H and O–H groups in total. The molecule has 7 heteroatoms. The van der Waals surface area contributed by atoms with Gasteiger partial charge in [-0.2, -0.15) is 0 Å². The first-order valence-electron chi connectivity index (χ1n) is 7.10. The molecule has 0 atom stereocenters. The summed E-state index contributed by atoms with van der Waals surface area (Å²) in [6, 6.07) is 5.62. The maximum Gasteiger partial charge on any atom is 0.269 e. The molecule has 22 heavy (non-hydrogen) atoms. The van der Waals surface area contributed by atoms with Crippen molar-refractivity contribution in [3.05, 3.63) is 55.3 Å².